The largest absolute Gasteiger partial charge is 0.489 e. The fourth-order valence-electron chi connectivity index (χ4n) is 1.39. The molecular formula is C12H17Cl2NO2. The fraction of sp³-hybridized carbons (Fsp3) is 0.500. The maximum atomic E-state index is 5.97. The van der Waals surface area contributed by atoms with Crippen LogP contribution in [0.25, 0.3) is 0 Å². The highest BCUT2D eigenvalue weighted by atomic mass is 35.5. The second-order valence-electron chi connectivity index (χ2n) is 3.71. The van der Waals surface area contributed by atoms with Gasteiger partial charge in [0.25, 0.3) is 0 Å². The van der Waals surface area contributed by atoms with E-state index in [1.807, 2.05) is 6.92 Å². The third-order valence-electron chi connectivity index (χ3n) is 2.18. The summed E-state index contributed by atoms with van der Waals surface area (Å²) in [6.45, 7) is 3.95. The Bertz CT molecular complexity index is 327. The van der Waals surface area contributed by atoms with E-state index in [-0.39, 0.29) is 0 Å². The van der Waals surface area contributed by atoms with Crippen LogP contribution in [0.5, 0.6) is 5.75 Å². The monoisotopic (exact) mass is 277 g/mol. The Hall–Kier alpha value is -0.480. The molecule has 17 heavy (non-hydrogen) atoms. The molecule has 0 saturated carbocycles. The molecule has 96 valence electrons. The van der Waals surface area contributed by atoms with Crippen LogP contribution in [-0.2, 0) is 4.74 Å². The predicted molar refractivity (Wildman–Crippen MR) is 71.3 cm³/mol. The highest BCUT2D eigenvalue weighted by Gasteiger charge is 2.06. The first-order valence-electron chi connectivity index (χ1n) is 5.44. The van der Waals surface area contributed by atoms with Crippen molar-refractivity contribution in [3.05, 3.63) is 28.2 Å². The highest BCUT2D eigenvalue weighted by molar-refractivity contribution is 6.37. The summed E-state index contributed by atoms with van der Waals surface area (Å²) in [5, 5.41) is 4.32. The summed E-state index contributed by atoms with van der Waals surface area (Å²) in [5.41, 5.74) is 0. The van der Waals surface area contributed by atoms with Gasteiger partial charge in [-0.3, -0.25) is 0 Å². The first-order chi connectivity index (χ1) is 8.15. The Kier molecular flexibility index (Phi) is 6.66. The quantitative estimate of drug-likeness (QED) is 0.778. The van der Waals surface area contributed by atoms with Crippen LogP contribution in [0.3, 0.4) is 0 Å². The number of halogens is 2. The molecule has 0 aliphatic rings. The maximum Gasteiger partial charge on any atom is 0.156 e. The zero-order valence-corrected chi connectivity index (χ0v) is 11.5. The number of hydrogen-bond donors (Lipinski definition) is 1. The standard InChI is InChI=1S/C12H17Cl2NO2/c1-9(8-16-2)15-6-7-17-12-10(13)4-3-5-11(12)14/h3-5,9,15H,6-8H2,1-2H3. The van der Waals surface area contributed by atoms with Crippen molar-refractivity contribution < 1.29 is 9.47 Å². The second-order valence-corrected chi connectivity index (χ2v) is 4.52. The number of para-hydroxylation sites is 1. The van der Waals surface area contributed by atoms with Gasteiger partial charge in [-0.2, -0.15) is 0 Å². The molecule has 0 fully saturated rings. The SMILES string of the molecule is COCC(C)NCCOc1c(Cl)cccc1Cl. The van der Waals surface area contributed by atoms with Crippen LogP contribution in [-0.4, -0.2) is 32.9 Å². The van der Waals surface area contributed by atoms with Crippen LogP contribution >= 0.6 is 23.2 Å². The molecule has 1 aromatic rings. The van der Waals surface area contributed by atoms with Crippen molar-refractivity contribution in [2.75, 3.05) is 26.9 Å². The van der Waals surface area contributed by atoms with Gasteiger partial charge in [-0.1, -0.05) is 29.3 Å². The van der Waals surface area contributed by atoms with Crippen LogP contribution in [0.15, 0.2) is 18.2 Å². The lowest BCUT2D eigenvalue weighted by atomic mass is 10.3. The zero-order valence-electron chi connectivity index (χ0n) is 10.0. The third-order valence-corrected chi connectivity index (χ3v) is 2.77. The molecule has 0 bridgehead atoms. The summed E-state index contributed by atoms with van der Waals surface area (Å²) in [7, 11) is 1.68. The molecule has 5 heteroatoms. The van der Waals surface area contributed by atoms with Gasteiger partial charge in [-0.05, 0) is 19.1 Å². The minimum Gasteiger partial charge on any atom is -0.489 e. The number of nitrogens with one attached hydrogen (secondary N) is 1. The van der Waals surface area contributed by atoms with Gasteiger partial charge in [0.1, 0.15) is 6.61 Å². The summed E-state index contributed by atoms with van der Waals surface area (Å²) in [6, 6.07) is 5.59. The Morgan fingerprint density at radius 3 is 2.53 bits per heavy atom. The third kappa shape index (κ3) is 5.13. The van der Waals surface area contributed by atoms with Crippen molar-refractivity contribution in [1.29, 1.82) is 0 Å². The Morgan fingerprint density at radius 2 is 1.94 bits per heavy atom. The lowest BCUT2D eigenvalue weighted by molar-refractivity contribution is 0.169. The molecule has 1 unspecified atom stereocenters. The molecule has 1 atom stereocenters. The average molecular weight is 278 g/mol. The molecule has 0 spiro atoms. The topological polar surface area (TPSA) is 30.5 Å². The van der Waals surface area contributed by atoms with Gasteiger partial charge in [0.2, 0.25) is 0 Å². The van der Waals surface area contributed by atoms with E-state index in [0.717, 1.165) is 0 Å². The Labute approximate surface area is 112 Å². The molecule has 0 aliphatic heterocycles. The summed E-state index contributed by atoms with van der Waals surface area (Å²) >= 11 is 11.9. The minimum absolute atomic E-state index is 0.297. The van der Waals surface area contributed by atoms with Crippen molar-refractivity contribution >= 4 is 23.2 Å². The van der Waals surface area contributed by atoms with E-state index >= 15 is 0 Å². The molecule has 1 aromatic carbocycles. The van der Waals surface area contributed by atoms with Crippen LogP contribution in [0.4, 0.5) is 0 Å². The molecule has 0 amide bonds. The maximum absolute atomic E-state index is 5.97. The number of hydrogen-bond acceptors (Lipinski definition) is 3. The molecule has 0 saturated heterocycles. The van der Waals surface area contributed by atoms with Crippen molar-refractivity contribution in [3.8, 4) is 5.75 Å². The van der Waals surface area contributed by atoms with E-state index in [1.54, 1.807) is 25.3 Å². The van der Waals surface area contributed by atoms with E-state index < -0.39 is 0 Å². The second kappa shape index (κ2) is 7.77. The number of rotatable bonds is 7. The normalized spacial score (nSPS) is 12.5. The lowest BCUT2D eigenvalue weighted by Crippen LogP contribution is -2.33. The van der Waals surface area contributed by atoms with Crippen LogP contribution in [0.1, 0.15) is 6.92 Å². The average Bonchev–Trinajstić information content (AvgIpc) is 2.28. The van der Waals surface area contributed by atoms with Crippen LogP contribution in [0.2, 0.25) is 10.0 Å². The zero-order chi connectivity index (χ0) is 12.7. The van der Waals surface area contributed by atoms with Crippen molar-refractivity contribution in [1.82, 2.24) is 5.32 Å². The van der Waals surface area contributed by atoms with Gasteiger partial charge in [0, 0.05) is 19.7 Å². The van der Waals surface area contributed by atoms with Crippen LogP contribution < -0.4 is 10.1 Å². The predicted octanol–water partition coefficient (Wildman–Crippen LogP) is 3.00. The van der Waals surface area contributed by atoms with E-state index in [0.29, 0.717) is 41.6 Å². The summed E-state index contributed by atoms with van der Waals surface area (Å²) < 4.78 is 10.5. The first kappa shape index (κ1) is 14.6. The summed E-state index contributed by atoms with van der Waals surface area (Å²) in [4.78, 5) is 0. The highest BCUT2D eigenvalue weighted by Crippen LogP contribution is 2.32. The van der Waals surface area contributed by atoms with Gasteiger partial charge >= 0.3 is 0 Å². The lowest BCUT2D eigenvalue weighted by Gasteiger charge is -2.14. The van der Waals surface area contributed by atoms with Gasteiger partial charge in [0.05, 0.1) is 16.7 Å². The van der Waals surface area contributed by atoms with E-state index in [1.165, 1.54) is 0 Å². The minimum atomic E-state index is 0.297. The molecule has 0 aliphatic carbocycles. The molecular weight excluding hydrogens is 261 g/mol. The Morgan fingerprint density at radius 1 is 1.29 bits per heavy atom. The van der Waals surface area contributed by atoms with Gasteiger partial charge in [-0.25, -0.2) is 0 Å². The summed E-state index contributed by atoms with van der Waals surface area (Å²) in [6.07, 6.45) is 0. The molecule has 3 nitrogen and oxygen atoms in total. The van der Waals surface area contributed by atoms with Crippen molar-refractivity contribution in [2.24, 2.45) is 0 Å². The van der Waals surface area contributed by atoms with Crippen molar-refractivity contribution in [3.63, 3.8) is 0 Å². The number of methoxy groups -OCH3 is 1. The Balaban J connectivity index is 2.31. The first-order valence-corrected chi connectivity index (χ1v) is 6.20. The number of ether oxygens (including phenoxy) is 2. The van der Waals surface area contributed by atoms with Gasteiger partial charge in [-0.15, -0.1) is 0 Å². The molecule has 0 heterocycles. The molecule has 1 N–H and O–H groups in total. The van der Waals surface area contributed by atoms with Crippen LogP contribution in [0, 0.1) is 0 Å². The molecule has 0 aromatic heterocycles. The van der Waals surface area contributed by atoms with E-state index in [4.69, 9.17) is 32.7 Å². The molecule has 1 rings (SSSR count). The van der Waals surface area contributed by atoms with Gasteiger partial charge in [0.15, 0.2) is 5.75 Å². The smallest absolute Gasteiger partial charge is 0.156 e. The molecule has 0 radical (unpaired) electrons. The fourth-order valence-corrected chi connectivity index (χ4v) is 1.89. The van der Waals surface area contributed by atoms with E-state index in [2.05, 4.69) is 5.32 Å². The van der Waals surface area contributed by atoms with Gasteiger partial charge < -0.3 is 14.8 Å². The van der Waals surface area contributed by atoms with Crippen molar-refractivity contribution in [2.45, 2.75) is 13.0 Å². The summed E-state index contributed by atoms with van der Waals surface area (Å²) in [5.74, 6) is 0.539. The number of benzene rings is 1. The van der Waals surface area contributed by atoms with E-state index in [9.17, 15) is 0 Å².